The van der Waals surface area contributed by atoms with Crippen molar-refractivity contribution in [2.45, 2.75) is 51.6 Å². The smallest absolute Gasteiger partial charge is 0.247 e. The van der Waals surface area contributed by atoms with E-state index in [1.807, 2.05) is 46.0 Å². The van der Waals surface area contributed by atoms with Crippen molar-refractivity contribution in [2.75, 3.05) is 6.54 Å². The topological polar surface area (TPSA) is 51.0 Å². The summed E-state index contributed by atoms with van der Waals surface area (Å²) in [6, 6.07) is 9.96. The molecule has 2 aliphatic rings. The molecule has 5 nitrogen and oxygen atoms in total. The van der Waals surface area contributed by atoms with E-state index < -0.39 is 0 Å². The lowest BCUT2D eigenvalue weighted by atomic mass is 10.00. The van der Waals surface area contributed by atoms with Gasteiger partial charge in [0.25, 0.3) is 0 Å². The van der Waals surface area contributed by atoms with E-state index in [0.29, 0.717) is 18.4 Å². The second-order valence-electron chi connectivity index (χ2n) is 7.75. The lowest BCUT2D eigenvalue weighted by Gasteiger charge is -2.35. The van der Waals surface area contributed by atoms with E-state index in [1.54, 1.807) is 6.08 Å². The molecule has 5 heteroatoms. The second kappa shape index (κ2) is 7.06. The molecule has 4 rings (SSSR count). The Morgan fingerprint density at radius 3 is 2.69 bits per heavy atom. The fourth-order valence-corrected chi connectivity index (χ4v) is 3.57. The van der Waals surface area contributed by atoms with Crippen LogP contribution in [0.3, 0.4) is 0 Å². The van der Waals surface area contributed by atoms with Crippen LogP contribution in [0.4, 0.5) is 0 Å². The minimum atomic E-state index is 0.0108. The summed E-state index contributed by atoms with van der Waals surface area (Å²) in [5.74, 6) is 3.02. The lowest BCUT2D eigenvalue weighted by Crippen LogP contribution is -2.42. The normalized spacial score (nSPS) is 20.0. The van der Waals surface area contributed by atoms with Crippen LogP contribution in [0.2, 0.25) is 0 Å². The molecule has 1 fully saturated rings. The number of amides is 1. The Balaban J connectivity index is 1.57. The average Bonchev–Trinajstić information content (AvgIpc) is 3.39. The average molecular weight is 350 g/mol. The van der Waals surface area contributed by atoms with Gasteiger partial charge >= 0.3 is 0 Å². The van der Waals surface area contributed by atoms with Crippen molar-refractivity contribution in [1.82, 2.24) is 19.7 Å². The Hall–Kier alpha value is -2.43. The van der Waals surface area contributed by atoms with E-state index >= 15 is 0 Å². The third-order valence-corrected chi connectivity index (χ3v) is 5.08. The SMILES string of the molecule is CC(C)C[C@H]1c2nc(C3CC3)nn2CCN1C(=O)/C=C/c1ccccc1. The van der Waals surface area contributed by atoms with Crippen LogP contribution in [0.5, 0.6) is 0 Å². The maximum Gasteiger partial charge on any atom is 0.247 e. The predicted molar refractivity (Wildman–Crippen MR) is 101 cm³/mol. The molecule has 1 aromatic heterocycles. The van der Waals surface area contributed by atoms with E-state index in [2.05, 4.69) is 13.8 Å². The first-order valence-electron chi connectivity index (χ1n) is 9.60. The van der Waals surface area contributed by atoms with Crippen molar-refractivity contribution in [2.24, 2.45) is 5.92 Å². The molecule has 1 atom stereocenters. The van der Waals surface area contributed by atoms with E-state index in [4.69, 9.17) is 10.1 Å². The summed E-state index contributed by atoms with van der Waals surface area (Å²) in [5.41, 5.74) is 1.04. The number of hydrogen-bond donors (Lipinski definition) is 0. The van der Waals surface area contributed by atoms with Crippen LogP contribution < -0.4 is 0 Å². The number of rotatable bonds is 5. The van der Waals surface area contributed by atoms with Gasteiger partial charge in [-0.1, -0.05) is 44.2 Å². The third-order valence-electron chi connectivity index (χ3n) is 5.08. The van der Waals surface area contributed by atoms with Crippen LogP contribution in [-0.4, -0.2) is 32.1 Å². The number of benzene rings is 1. The molecule has 1 aliphatic heterocycles. The van der Waals surface area contributed by atoms with E-state index in [9.17, 15) is 4.79 Å². The van der Waals surface area contributed by atoms with Gasteiger partial charge in [-0.25, -0.2) is 9.67 Å². The van der Waals surface area contributed by atoms with Crippen LogP contribution in [0.25, 0.3) is 6.08 Å². The van der Waals surface area contributed by atoms with Gasteiger partial charge in [0.15, 0.2) is 5.82 Å². The van der Waals surface area contributed by atoms with Gasteiger partial charge in [-0.3, -0.25) is 4.79 Å². The molecule has 26 heavy (non-hydrogen) atoms. The Morgan fingerprint density at radius 2 is 2.00 bits per heavy atom. The molecule has 136 valence electrons. The maximum atomic E-state index is 12.9. The Labute approximate surface area is 154 Å². The molecular weight excluding hydrogens is 324 g/mol. The first-order chi connectivity index (χ1) is 12.6. The monoisotopic (exact) mass is 350 g/mol. The number of nitrogens with zero attached hydrogens (tertiary/aromatic N) is 4. The number of aromatic nitrogens is 3. The fourth-order valence-electron chi connectivity index (χ4n) is 3.57. The summed E-state index contributed by atoms with van der Waals surface area (Å²) < 4.78 is 2.03. The summed E-state index contributed by atoms with van der Waals surface area (Å²) in [7, 11) is 0. The lowest BCUT2D eigenvalue weighted by molar-refractivity contribution is -0.130. The van der Waals surface area contributed by atoms with Gasteiger partial charge in [0.2, 0.25) is 5.91 Å². The molecule has 1 saturated carbocycles. The number of carbonyl (C=O) groups excluding carboxylic acids is 1. The molecule has 0 bridgehead atoms. The standard InChI is InChI=1S/C21H26N4O/c1-15(2)14-18-21-22-20(17-9-10-17)23-25(21)13-12-24(18)19(26)11-8-16-6-4-3-5-7-16/h3-8,11,15,17-18H,9-10,12-14H2,1-2H3/b11-8+/t18-/m0/s1. The van der Waals surface area contributed by atoms with Gasteiger partial charge in [0, 0.05) is 18.5 Å². The number of fused-ring (bicyclic) bond motifs is 1. The summed E-state index contributed by atoms with van der Waals surface area (Å²) in [5, 5.41) is 4.71. The highest BCUT2D eigenvalue weighted by Crippen LogP contribution is 2.40. The van der Waals surface area contributed by atoms with E-state index in [-0.39, 0.29) is 11.9 Å². The third kappa shape index (κ3) is 3.57. The van der Waals surface area contributed by atoms with Crippen LogP contribution in [-0.2, 0) is 11.3 Å². The first-order valence-corrected chi connectivity index (χ1v) is 9.60. The Kier molecular flexibility index (Phi) is 4.62. The Morgan fingerprint density at radius 1 is 1.23 bits per heavy atom. The molecule has 1 amide bonds. The van der Waals surface area contributed by atoms with Crippen LogP contribution in [0, 0.1) is 5.92 Å². The van der Waals surface area contributed by atoms with Crippen LogP contribution >= 0.6 is 0 Å². The van der Waals surface area contributed by atoms with E-state index in [0.717, 1.165) is 30.2 Å². The minimum Gasteiger partial charge on any atom is -0.327 e. The van der Waals surface area contributed by atoms with Crippen molar-refractivity contribution < 1.29 is 4.79 Å². The quantitative estimate of drug-likeness (QED) is 0.771. The van der Waals surface area contributed by atoms with Gasteiger partial charge in [-0.15, -0.1) is 0 Å². The number of carbonyl (C=O) groups is 1. The van der Waals surface area contributed by atoms with Gasteiger partial charge in [0.1, 0.15) is 5.82 Å². The summed E-state index contributed by atoms with van der Waals surface area (Å²) in [6.45, 7) is 5.81. The minimum absolute atomic E-state index is 0.0108. The predicted octanol–water partition coefficient (Wildman–Crippen LogP) is 3.80. The summed E-state index contributed by atoms with van der Waals surface area (Å²) in [6.07, 6.45) is 6.88. The highest BCUT2D eigenvalue weighted by molar-refractivity contribution is 5.92. The van der Waals surface area contributed by atoms with Crippen LogP contribution in [0.1, 0.15) is 62.3 Å². The molecule has 2 heterocycles. The van der Waals surface area contributed by atoms with Crippen molar-refractivity contribution in [1.29, 1.82) is 0 Å². The van der Waals surface area contributed by atoms with Gasteiger partial charge in [-0.2, -0.15) is 5.10 Å². The fraction of sp³-hybridized carbons (Fsp3) is 0.476. The van der Waals surface area contributed by atoms with Crippen molar-refractivity contribution in [3.05, 3.63) is 53.6 Å². The molecule has 0 unspecified atom stereocenters. The zero-order valence-corrected chi connectivity index (χ0v) is 15.5. The summed E-state index contributed by atoms with van der Waals surface area (Å²) in [4.78, 5) is 19.7. The molecular formula is C21H26N4O. The van der Waals surface area contributed by atoms with Gasteiger partial charge in [-0.05, 0) is 36.8 Å². The second-order valence-corrected chi connectivity index (χ2v) is 7.75. The van der Waals surface area contributed by atoms with Crippen molar-refractivity contribution >= 4 is 12.0 Å². The first kappa shape index (κ1) is 17.0. The zero-order valence-electron chi connectivity index (χ0n) is 15.5. The Bertz CT molecular complexity index is 805. The van der Waals surface area contributed by atoms with E-state index in [1.165, 1.54) is 12.8 Å². The zero-order chi connectivity index (χ0) is 18.1. The van der Waals surface area contributed by atoms with Crippen molar-refractivity contribution in [3.8, 4) is 0 Å². The molecule has 0 radical (unpaired) electrons. The van der Waals surface area contributed by atoms with Crippen LogP contribution in [0.15, 0.2) is 36.4 Å². The largest absolute Gasteiger partial charge is 0.327 e. The molecule has 0 spiro atoms. The maximum absolute atomic E-state index is 12.9. The molecule has 0 saturated heterocycles. The van der Waals surface area contributed by atoms with Crippen molar-refractivity contribution in [3.63, 3.8) is 0 Å². The molecule has 2 aromatic rings. The molecule has 1 aromatic carbocycles. The van der Waals surface area contributed by atoms with Gasteiger partial charge < -0.3 is 4.90 Å². The highest BCUT2D eigenvalue weighted by atomic mass is 16.2. The summed E-state index contributed by atoms with van der Waals surface area (Å²) >= 11 is 0. The molecule has 0 N–H and O–H groups in total. The number of hydrogen-bond acceptors (Lipinski definition) is 3. The highest BCUT2D eigenvalue weighted by Gasteiger charge is 2.36. The molecule has 1 aliphatic carbocycles. The van der Waals surface area contributed by atoms with Gasteiger partial charge in [0.05, 0.1) is 12.6 Å².